The van der Waals surface area contributed by atoms with Crippen LogP contribution >= 0.6 is 0 Å². The van der Waals surface area contributed by atoms with Crippen LogP contribution < -0.4 is 10.2 Å². The topological polar surface area (TPSA) is 44.3 Å². The Morgan fingerprint density at radius 1 is 1.30 bits per heavy atom. The quantitative estimate of drug-likeness (QED) is 0.912. The molecule has 2 atom stereocenters. The van der Waals surface area contributed by atoms with E-state index in [2.05, 4.69) is 45.1 Å². The number of aromatic nitrogens is 2. The monoisotopic (exact) mass is 275 g/mol. The fraction of sp³-hybridized carbons (Fsp3) is 0.733. The minimum absolute atomic E-state index is 0.773. The first-order chi connectivity index (χ1) is 9.78. The zero-order valence-electron chi connectivity index (χ0n) is 12.5. The fourth-order valence-electron chi connectivity index (χ4n) is 3.66. The van der Waals surface area contributed by atoms with Crippen molar-refractivity contribution in [2.45, 2.75) is 32.2 Å². The molecule has 0 aliphatic carbocycles. The highest BCUT2D eigenvalue weighted by Gasteiger charge is 2.34. The van der Waals surface area contributed by atoms with Crippen LogP contribution in [0.3, 0.4) is 0 Å². The first-order valence-electron chi connectivity index (χ1n) is 7.79. The van der Waals surface area contributed by atoms with E-state index >= 15 is 0 Å². The van der Waals surface area contributed by atoms with E-state index in [4.69, 9.17) is 0 Å². The molecule has 1 aromatic heterocycles. The summed E-state index contributed by atoms with van der Waals surface area (Å²) in [5.74, 6) is 2.79. The molecule has 2 aliphatic rings. The van der Waals surface area contributed by atoms with E-state index in [0.29, 0.717) is 0 Å². The summed E-state index contributed by atoms with van der Waals surface area (Å²) in [6.07, 6.45) is 5.61. The second-order valence-corrected chi connectivity index (χ2v) is 5.98. The number of anilines is 2. The highest BCUT2D eigenvalue weighted by atomic mass is 15.2. The van der Waals surface area contributed by atoms with Gasteiger partial charge in [-0.25, -0.2) is 9.97 Å². The largest absolute Gasteiger partial charge is 0.370 e. The molecule has 0 radical (unpaired) electrons. The van der Waals surface area contributed by atoms with Gasteiger partial charge < -0.3 is 15.1 Å². The maximum absolute atomic E-state index is 4.46. The molecule has 0 aromatic carbocycles. The van der Waals surface area contributed by atoms with Gasteiger partial charge in [-0.1, -0.05) is 0 Å². The summed E-state index contributed by atoms with van der Waals surface area (Å²) in [4.78, 5) is 13.7. The lowest BCUT2D eigenvalue weighted by molar-refractivity contribution is 0.102. The van der Waals surface area contributed by atoms with Crippen molar-refractivity contribution in [1.82, 2.24) is 14.9 Å². The van der Waals surface area contributed by atoms with Crippen molar-refractivity contribution in [3.8, 4) is 0 Å². The predicted octanol–water partition coefficient (Wildman–Crippen LogP) is 1.83. The number of likely N-dealkylation sites (tertiary alicyclic amines) is 1. The molecule has 5 nitrogen and oxygen atoms in total. The number of rotatable bonds is 3. The van der Waals surface area contributed by atoms with Crippen LogP contribution in [0.1, 0.15) is 26.2 Å². The van der Waals surface area contributed by atoms with Gasteiger partial charge in [-0.05, 0) is 45.7 Å². The zero-order valence-corrected chi connectivity index (χ0v) is 12.5. The Kier molecular flexibility index (Phi) is 4.05. The van der Waals surface area contributed by atoms with Gasteiger partial charge in [0.1, 0.15) is 18.0 Å². The lowest BCUT2D eigenvalue weighted by Crippen LogP contribution is -2.52. The van der Waals surface area contributed by atoms with E-state index in [1.165, 1.54) is 25.8 Å². The van der Waals surface area contributed by atoms with Crippen LogP contribution in [0.5, 0.6) is 0 Å². The molecule has 20 heavy (non-hydrogen) atoms. The molecule has 5 heteroatoms. The van der Waals surface area contributed by atoms with Crippen molar-refractivity contribution in [3.05, 3.63) is 12.4 Å². The number of piperidine rings is 2. The van der Waals surface area contributed by atoms with Crippen molar-refractivity contribution >= 4 is 11.6 Å². The van der Waals surface area contributed by atoms with Crippen LogP contribution in [0, 0.1) is 5.92 Å². The molecule has 2 aliphatic heterocycles. The number of nitrogens with one attached hydrogen (secondary N) is 1. The van der Waals surface area contributed by atoms with Gasteiger partial charge in [-0.2, -0.15) is 0 Å². The third kappa shape index (κ3) is 2.73. The summed E-state index contributed by atoms with van der Waals surface area (Å²) >= 11 is 0. The van der Waals surface area contributed by atoms with Crippen LogP contribution in [-0.4, -0.2) is 54.1 Å². The van der Waals surface area contributed by atoms with Crippen molar-refractivity contribution in [2.24, 2.45) is 5.92 Å². The predicted molar refractivity (Wildman–Crippen MR) is 82.2 cm³/mol. The number of hydrogen-bond acceptors (Lipinski definition) is 5. The summed E-state index contributed by atoms with van der Waals surface area (Å²) in [6, 6.07) is 2.85. The van der Waals surface area contributed by atoms with Gasteiger partial charge in [-0.15, -0.1) is 0 Å². The Labute approximate surface area is 121 Å². The highest BCUT2D eigenvalue weighted by Crippen LogP contribution is 2.31. The van der Waals surface area contributed by atoms with E-state index in [1.54, 1.807) is 6.33 Å². The number of nitrogens with zero attached hydrogens (tertiary/aromatic N) is 4. The Balaban J connectivity index is 1.71. The molecular formula is C15H25N5. The molecule has 1 N–H and O–H groups in total. The molecule has 3 rings (SSSR count). The summed E-state index contributed by atoms with van der Waals surface area (Å²) in [6.45, 7) is 6.49. The molecule has 2 fully saturated rings. The Morgan fingerprint density at radius 3 is 3.05 bits per heavy atom. The van der Waals surface area contributed by atoms with Gasteiger partial charge in [0.05, 0.1) is 0 Å². The Morgan fingerprint density at radius 2 is 2.20 bits per heavy atom. The van der Waals surface area contributed by atoms with Gasteiger partial charge in [0.25, 0.3) is 0 Å². The molecule has 0 bridgehead atoms. The molecule has 1 aromatic rings. The third-order valence-electron chi connectivity index (χ3n) is 4.68. The average molecular weight is 275 g/mol. The third-order valence-corrected chi connectivity index (χ3v) is 4.68. The Bertz CT molecular complexity index is 450. The van der Waals surface area contributed by atoms with E-state index in [1.807, 2.05) is 0 Å². The maximum Gasteiger partial charge on any atom is 0.134 e. The van der Waals surface area contributed by atoms with Gasteiger partial charge in [-0.3, -0.25) is 0 Å². The molecule has 110 valence electrons. The van der Waals surface area contributed by atoms with Gasteiger partial charge in [0.2, 0.25) is 0 Å². The fourth-order valence-corrected chi connectivity index (χ4v) is 3.66. The molecule has 0 saturated carbocycles. The summed E-state index contributed by atoms with van der Waals surface area (Å²) in [5.41, 5.74) is 0. The molecule has 2 saturated heterocycles. The zero-order chi connectivity index (χ0) is 13.9. The molecule has 3 heterocycles. The van der Waals surface area contributed by atoms with Crippen molar-refractivity contribution in [2.75, 3.05) is 43.4 Å². The SMILES string of the molecule is CCNc1cc(N2CCC3C(CCCN3C)C2)ncn1. The van der Waals surface area contributed by atoms with Crippen molar-refractivity contribution < 1.29 is 0 Å². The van der Waals surface area contributed by atoms with E-state index < -0.39 is 0 Å². The summed E-state index contributed by atoms with van der Waals surface area (Å²) in [5, 5.41) is 3.26. The normalized spacial score (nSPS) is 27.2. The summed E-state index contributed by atoms with van der Waals surface area (Å²) in [7, 11) is 2.28. The van der Waals surface area contributed by atoms with Gasteiger partial charge in [0.15, 0.2) is 0 Å². The highest BCUT2D eigenvalue weighted by molar-refractivity contribution is 5.48. The molecular weight excluding hydrogens is 250 g/mol. The van der Waals surface area contributed by atoms with E-state index in [9.17, 15) is 0 Å². The number of fused-ring (bicyclic) bond motifs is 1. The second kappa shape index (κ2) is 5.95. The second-order valence-electron chi connectivity index (χ2n) is 5.98. The molecule has 0 amide bonds. The smallest absolute Gasteiger partial charge is 0.134 e. The summed E-state index contributed by atoms with van der Waals surface area (Å²) < 4.78 is 0. The molecule has 2 unspecified atom stereocenters. The van der Waals surface area contributed by atoms with Crippen LogP contribution in [0.15, 0.2) is 12.4 Å². The van der Waals surface area contributed by atoms with Crippen LogP contribution in [0.2, 0.25) is 0 Å². The van der Waals surface area contributed by atoms with Crippen LogP contribution in [-0.2, 0) is 0 Å². The van der Waals surface area contributed by atoms with Gasteiger partial charge >= 0.3 is 0 Å². The lowest BCUT2D eigenvalue weighted by Gasteiger charge is -2.46. The van der Waals surface area contributed by atoms with Crippen LogP contribution in [0.4, 0.5) is 11.6 Å². The average Bonchev–Trinajstić information content (AvgIpc) is 2.48. The first kappa shape index (κ1) is 13.6. The molecule has 0 spiro atoms. The lowest BCUT2D eigenvalue weighted by atomic mass is 9.84. The maximum atomic E-state index is 4.46. The minimum Gasteiger partial charge on any atom is -0.370 e. The van der Waals surface area contributed by atoms with Crippen LogP contribution in [0.25, 0.3) is 0 Å². The van der Waals surface area contributed by atoms with Gasteiger partial charge in [0, 0.05) is 31.7 Å². The van der Waals surface area contributed by atoms with E-state index in [-0.39, 0.29) is 0 Å². The first-order valence-corrected chi connectivity index (χ1v) is 7.79. The number of hydrogen-bond donors (Lipinski definition) is 1. The standard InChI is InChI=1S/C15H25N5/c1-3-16-14-9-15(18-11-17-14)20-8-6-13-12(10-20)5-4-7-19(13)2/h9,11-13H,3-8,10H2,1-2H3,(H,16,17,18). The van der Waals surface area contributed by atoms with Crippen molar-refractivity contribution in [1.29, 1.82) is 0 Å². The van der Waals surface area contributed by atoms with Crippen molar-refractivity contribution in [3.63, 3.8) is 0 Å². The Hall–Kier alpha value is -1.36. The van der Waals surface area contributed by atoms with E-state index in [0.717, 1.165) is 43.2 Å². The minimum atomic E-state index is 0.773.